The lowest BCUT2D eigenvalue weighted by atomic mass is 9.48. The second-order valence-corrected chi connectivity index (χ2v) is 9.15. The van der Waals surface area contributed by atoms with Gasteiger partial charge in [-0.05, 0) is 61.7 Å². The third-order valence-corrected chi connectivity index (χ3v) is 8.10. The fourth-order valence-corrected chi connectivity index (χ4v) is 6.73. The quantitative estimate of drug-likeness (QED) is 0.527. The molecular formula is C21H30O3. The van der Waals surface area contributed by atoms with Gasteiger partial charge in [0.15, 0.2) is 0 Å². The third-order valence-electron chi connectivity index (χ3n) is 8.10. The van der Waals surface area contributed by atoms with Crippen molar-refractivity contribution in [3.05, 3.63) is 11.6 Å². The average Bonchev–Trinajstić information content (AvgIpc) is 2.83. The van der Waals surface area contributed by atoms with Crippen LogP contribution in [0.25, 0.3) is 0 Å². The number of carbonyl (C=O) groups excluding carboxylic acids is 2. The molecule has 3 fully saturated rings. The van der Waals surface area contributed by atoms with Gasteiger partial charge in [0.1, 0.15) is 11.9 Å². The van der Waals surface area contributed by atoms with E-state index in [-0.39, 0.29) is 22.9 Å². The highest BCUT2D eigenvalue weighted by Gasteiger charge is 2.58. The summed E-state index contributed by atoms with van der Waals surface area (Å²) in [6, 6.07) is 0. The van der Waals surface area contributed by atoms with E-state index in [1.165, 1.54) is 18.9 Å². The lowest BCUT2D eigenvalue weighted by Gasteiger charge is -2.56. The van der Waals surface area contributed by atoms with Crippen molar-refractivity contribution in [2.24, 2.45) is 28.6 Å². The van der Waals surface area contributed by atoms with E-state index >= 15 is 0 Å². The molecule has 0 radical (unpaired) electrons. The van der Waals surface area contributed by atoms with Gasteiger partial charge in [-0.3, -0.25) is 9.59 Å². The van der Waals surface area contributed by atoms with Crippen molar-refractivity contribution in [1.29, 1.82) is 0 Å². The molecule has 0 unspecified atom stereocenters. The molecule has 0 aliphatic heterocycles. The first-order chi connectivity index (χ1) is 11.3. The van der Waals surface area contributed by atoms with E-state index in [0.29, 0.717) is 23.5 Å². The van der Waals surface area contributed by atoms with E-state index in [1.807, 2.05) is 0 Å². The van der Waals surface area contributed by atoms with Gasteiger partial charge in [-0.1, -0.05) is 25.5 Å². The summed E-state index contributed by atoms with van der Waals surface area (Å²) in [7, 11) is 0. The minimum Gasteiger partial charge on any atom is -0.462 e. The number of hydrogen-bond acceptors (Lipinski definition) is 3. The van der Waals surface area contributed by atoms with Crippen molar-refractivity contribution in [1.82, 2.24) is 0 Å². The fourth-order valence-electron chi connectivity index (χ4n) is 6.73. The Bertz CT molecular complexity index is 606. The Kier molecular flexibility index (Phi) is 3.71. The molecule has 4 aliphatic carbocycles. The number of Topliss-reactive ketones (excluding diaryl/α,β-unsaturated/α-hetero) is 1. The van der Waals surface area contributed by atoms with Gasteiger partial charge in [-0.2, -0.15) is 0 Å². The Morgan fingerprint density at radius 1 is 1.12 bits per heavy atom. The Morgan fingerprint density at radius 2 is 1.83 bits per heavy atom. The van der Waals surface area contributed by atoms with E-state index in [4.69, 9.17) is 4.74 Å². The molecule has 0 aromatic heterocycles. The minimum atomic E-state index is -0.157. The average molecular weight is 330 g/mol. The zero-order valence-electron chi connectivity index (χ0n) is 15.3. The monoisotopic (exact) mass is 330 g/mol. The molecule has 0 aromatic rings. The summed E-state index contributed by atoms with van der Waals surface area (Å²) in [6.07, 6.45) is 10.8. The molecule has 0 aromatic carbocycles. The van der Waals surface area contributed by atoms with Gasteiger partial charge < -0.3 is 4.74 Å². The first kappa shape index (κ1) is 16.4. The van der Waals surface area contributed by atoms with Crippen molar-refractivity contribution >= 4 is 11.8 Å². The number of fused-ring (bicyclic) bond motifs is 5. The van der Waals surface area contributed by atoms with Crippen LogP contribution in [-0.2, 0) is 14.3 Å². The molecule has 0 heterocycles. The Morgan fingerprint density at radius 3 is 2.58 bits per heavy atom. The second kappa shape index (κ2) is 5.44. The van der Waals surface area contributed by atoms with Gasteiger partial charge >= 0.3 is 5.97 Å². The van der Waals surface area contributed by atoms with Crippen LogP contribution in [0.5, 0.6) is 0 Å². The van der Waals surface area contributed by atoms with Crippen molar-refractivity contribution in [2.75, 3.05) is 0 Å². The fraction of sp³-hybridized carbons (Fsp3) is 0.810. The summed E-state index contributed by atoms with van der Waals surface area (Å²) in [5.41, 5.74) is 1.74. The van der Waals surface area contributed by atoms with E-state index < -0.39 is 0 Å². The molecule has 0 N–H and O–H groups in total. The van der Waals surface area contributed by atoms with Gasteiger partial charge in [0.2, 0.25) is 0 Å². The van der Waals surface area contributed by atoms with Crippen LogP contribution in [0, 0.1) is 28.6 Å². The highest BCUT2D eigenvalue weighted by Crippen LogP contribution is 2.64. The predicted octanol–water partition coefficient (Wildman–Crippen LogP) is 4.45. The van der Waals surface area contributed by atoms with E-state index in [0.717, 1.165) is 44.9 Å². The highest BCUT2D eigenvalue weighted by atomic mass is 16.5. The molecule has 3 saturated carbocycles. The summed E-state index contributed by atoms with van der Waals surface area (Å²) >= 11 is 0. The predicted molar refractivity (Wildman–Crippen MR) is 92.3 cm³/mol. The zero-order valence-corrected chi connectivity index (χ0v) is 15.3. The lowest BCUT2D eigenvalue weighted by molar-refractivity contribution is -0.148. The molecule has 0 amide bonds. The van der Waals surface area contributed by atoms with Gasteiger partial charge in [0.25, 0.3) is 0 Å². The van der Waals surface area contributed by atoms with Crippen LogP contribution >= 0.6 is 0 Å². The summed E-state index contributed by atoms with van der Waals surface area (Å²) < 4.78 is 5.50. The molecule has 0 spiro atoms. The van der Waals surface area contributed by atoms with Crippen LogP contribution < -0.4 is 0 Å². The number of allylic oxidation sites excluding steroid dienone is 1. The number of esters is 1. The standard InChI is InChI=1S/C21H30O3/c1-13(22)24-15-8-10-20(2)14(12-15)4-5-16-17-6-7-19(23)21(17,3)11-9-18(16)20/h4,15-18H,5-12H2,1-3H3/t15-,16+,17-,18-,20+,21-/m1/s1. The van der Waals surface area contributed by atoms with Crippen molar-refractivity contribution in [2.45, 2.75) is 78.2 Å². The minimum absolute atomic E-state index is 0.0438. The number of hydrogen-bond donors (Lipinski definition) is 0. The maximum atomic E-state index is 12.4. The zero-order chi connectivity index (χ0) is 17.1. The molecular weight excluding hydrogens is 300 g/mol. The molecule has 3 nitrogen and oxygen atoms in total. The Hall–Kier alpha value is -1.12. The normalized spacial score (nSPS) is 47.3. The summed E-state index contributed by atoms with van der Waals surface area (Å²) in [4.78, 5) is 23.7. The van der Waals surface area contributed by atoms with Crippen LogP contribution in [0.1, 0.15) is 72.1 Å². The number of carbonyl (C=O) groups is 2. The van der Waals surface area contributed by atoms with E-state index in [1.54, 1.807) is 0 Å². The first-order valence-corrected chi connectivity index (χ1v) is 9.74. The van der Waals surface area contributed by atoms with Crippen LogP contribution in [0.15, 0.2) is 11.6 Å². The molecule has 0 bridgehead atoms. The van der Waals surface area contributed by atoms with Gasteiger partial charge in [0.05, 0.1) is 0 Å². The van der Waals surface area contributed by atoms with Crippen molar-refractivity contribution in [3.63, 3.8) is 0 Å². The highest BCUT2D eigenvalue weighted by molar-refractivity contribution is 5.87. The summed E-state index contributed by atoms with van der Waals surface area (Å²) in [5, 5.41) is 0. The summed E-state index contributed by atoms with van der Waals surface area (Å²) in [5.74, 6) is 2.33. The number of ketones is 1. The van der Waals surface area contributed by atoms with Gasteiger partial charge in [-0.25, -0.2) is 0 Å². The van der Waals surface area contributed by atoms with Crippen LogP contribution in [0.3, 0.4) is 0 Å². The van der Waals surface area contributed by atoms with Crippen molar-refractivity contribution < 1.29 is 14.3 Å². The molecule has 3 heteroatoms. The third kappa shape index (κ3) is 2.23. The first-order valence-electron chi connectivity index (χ1n) is 9.74. The molecule has 0 saturated heterocycles. The molecule has 4 rings (SSSR count). The Labute approximate surface area is 145 Å². The summed E-state index contributed by atoms with van der Waals surface area (Å²) in [6.45, 7) is 6.19. The van der Waals surface area contributed by atoms with Crippen LogP contribution in [-0.4, -0.2) is 17.9 Å². The van der Waals surface area contributed by atoms with Gasteiger partial charge in [0, 0.05) is 25.2 Å². The smallest absolute Gasteiger partial charge is 0.302 e. The molecule has 132 valence electrons. The topological polar surface area (TPSA) is 43.4 Å². The molecule has 24 heavy (non-hydrogen) atoms. The maximum absolute atomic E-state index is 12.4. The number of ether oxygens (including phenoxy) is 1. The van der Waals surface area contributed by atoms with Crippen LogP contribution in [0.4, 0.5) is 0 Å². The number of rotatable bonds is 1. The van der Waals surface area contributed by atoms with Gasteiger partial charge in [-0.15, -0.1) is 0 Å². The van der Waals surface area contributed by atoms with Crippen LogP contribution in [0.2, 0.25) is 0 Å². The SMILES string of the molecule is CC(=O)O[C@@H]1CC[C@@]2(C)C(=CC[C@H]3[C@H]4CCC(=O)[C@]4(C)CC[C@H]32)C1. The molecule has 6 atom stereocenters. The van der Waals surface area contributed by atoms with E-state index in [2.05, 4.69) is 19.9 Å². The Balaban J connectivity index is 1.60. The largest absolute Gasteiger partial charge is 0.462 e. The van der Waals surface area contributed by atoms with Crippen molar-refractivity contribution in [3.8, 4) is 0 Å². The lowest BCUT2D eigenvalue weighted by Crippen LogP contribution is -2.50. The second-order valence-electron chi connectivity index (χ2n) is 9.15. The van der Waals surface area contributed by atoms with E-state index in [9.17, 15) is 9.59 Å². The maximum Gasteiger partial charge on any atom is 0.302 e. The molecule has 4 aliphatic rings.